The molecule has 0 unspecified atom stereocenters. The Balaban J connectivity index is 1.95. The van der Waals surface area contributed by atoms with E-state index in [2.05, 4.69) is 20.1 Å². The van der Waals surface area contributed by atoms with Gasteiger partial charge in [0.2, 0.25) is 0 Å². The van der Waals surface area contributed by atoms with Crippen LogP contribution in [0.4, 0.5) is 0 Å². The highest BCUT2D eigenvalue weighted by Gasteiger charge is 2.09. The Morgan fingerprint density at radius 2 is 2.25 bits per heavy atom. The summed E-state index contributed by atoms with van der Waals surface area (Å²) in [6, 6.07) is 1.85. The Hall–Kier alpha value is -2.18. The standard InChI is InChI=1S/C9H11N5O2/c1-16-9(15)8-7-14(12-11-8)6-5-13-4-2-3-10-13/h2-4,7H,5-6H2,1H3. The molecule has 0 saturated heterocycles. The van der Waals surface area contributed by atoms with E-state index in [4.69, 9.17) is 0 Å². The fourth-order valence-electron chi connectivity index (χ4n) is 1.24. The van der Waals surface area contributed by atoms with Crippen molar-refractivity contribution in [2.75, 3.05) is 7.11 Å². The molecule has 2 aromatic heterocycles. The third-order valence-electron chi connectivity index (χ3n) is 2.05. The lowest BCUT2D eigenvalue weighted by Gasteiger charge is -2.00. The second kappa shape index (κ2) is 4.56. The van der Waals surface area contributed by atoms with Gasteiger partial charge in [-0.05, 0) is 6.07 Å². The Morgan fingerprint density at radius 1 is 1.44 bits per heavy atom. The van der Waals surface area contributed by atoms with Crippen LogP contribution in [0.2, 0.25) is 0 Å². The lowest BCUT2D eigenvalue weighted by atomic mass is 10.5. The first-order chi connectivity index (χ1) is 7.79. The van der Waals surface area contributed by atoms with Gasteiger partial charge in [0, 0.05) is 12.4 Å². The van der Waals surface area contributed by atoms with Crippen molar-refractivity contribution >= 4 is 5.97 Å². The second-order valence-corrected chi connectivity index (χ2v) is 3.13. The molecule has 0 saturated carbocycles. The van der Waals surface area contributed by atoms with Crippen LogP contribution in [0.3, 0.4) is 0 Å². The summed E-state index contributed by atoms with van der Waals surface area (Å²) >= 11 is 0. The molecule has 0 radical (unpaired) electrons. The fourth-order valence-corrected chi connectivity index (χ4v) is 1.24. The van der Waals surface area contributed by atoms with Crippen LogP contribution in [-0.4, -0.2) is 37.9 Å². The molecule has 0 aliphatic carbocycles. The number of carbonyl (C=O) groups is 1. The number of methoxy groups -OCH3 is 1. The topological polar surface area (TPSA) is 74.8 Å². The molecule has 0 aliphatic heterocycles. The lowest BCUT2D eigenvalue weighted by molar-refractivity contribution is 0.0594. The maximum atomic E-state index is 11.1. The molecule has 0 bridgehead atoms. The zero-order valence-electron chi connectivity index (χ0n) is 8.78. The predicted molar refractivity (Wildman–Crippen MR) is 53.6 cm³/mol. The van der Waals surface area contributed by atoms with E-state index in [9.17, 15) is 4.79 Å². The Kier molecular flexibility index (Phi) is 2.95. The quantitative estimate of drug-likeness (QED) is 0.677. The average Bonchev–Trinajstić information content (AvgIpc) is 2.96. The molecule has 0 atom stereocenters. The molecule has 7 heteroatoms. The SMILES string of the molecule is COC(=O)c1cn(CCn2cccn2)nn1. The highest BCUT2D eigenvalue weighted by Crippen LogP contribution is 1.96. The molecule has 0 spiro atoms. The molecule has 2 rings (SSSR count). The van der Waals surface area contributed by atoms with Gasteiger partial charge in [0.25, 0.3) is 0 Å². The van der Waals surface area contributed by atoms with Crippen molar-refractivity contribution < 1.29 is 9.53 Å². The van der Waals surface area contributed by atoms with E-state index in [-0.39, 0.29) is 5.69 Å². The van der Waals surface area contributed by atoms with Crippen LogP contribution in [-0.2, 0) is 17.8 Å². The van der Waals surface area contributed by atoms with Crippen LogP contribution >= 0.6 is 0 Å². The molecule has 0 amide bonds. The van der Waals surface area contributed by atoms with E-state index in [0.29, 0.717) is 13.1 Å². The number of hydrogen-bond acceptors (Lipinski definition) is 5. The number of aryl methyl sites for hydroxylation is 2. The zero-order valence-corrected chi connectivity index (χ0v) is 8.78. The first-order valence-electron chi connectivity index (χ1n) is 4.75. The number of hydrogen-bond donors (Lipinski definition) is 0. The summed E-state index contributed by atoms with van der Waals surface area (Å²) in [6.07, 6.45) is 5.12. The van der Waals surface area contributed by atoms with E-state index in [1.54, 1.807) is 21.8 Å². The van der Waals surface area contributed by atoms with Crippen LogP contribution < -0.4 is 0 Å². The average molecular weight is 221 g/mol. The summed E-state index contributed by atoms with van der Waals surface area (Å²) in [5, 5.41) is 11.6. The van der Waals surface area contributed by atoms with Gasteiger partial charge in [-0.15, -0.1) is 5.10 Å². The van der Waals surface area contributed by atoms with Gasteiger partial charge < -0.3 is 4.74 Å². The third-order valence-corrected chi connectivity index (χ3v) is 2.05. The van der Waals surface area contributed by atoms with Crippen molar-refractivity contribution in [3.05, 3.63) is 30.4 Å². The largest absolute Gasteiger partial charge is 0.464 e. The fraction of sp³-hybridized carbons (Fsp3) is 0.333. The lowest BCUT2D eigenvalue weighted by Crippen LogP contribution is -2.08. The number of rotatable bonds is 4. The normalized spacial score (nSPS) is 10.3. The molecular formula is C9H11N5O2. The number of carbonyl (C=O) groups excluding carboxylic acids is 1. The van der Waals surface area contributed by atoms with Crippen LogP contribution in [0.15, 0.2) is 24.7 Å². The monoisotopic (exact) mass is 221 g/mol. The number of ether oxygens (including phenoxy) is 1. The smallest absolute Gasteiger partial charge is 0.360 e. The molecule has 16 heavy (non-hydrogen) atoms. The van der Waals surface area contributed by atoms with Gasteiger partial charge in [0.15, 0.2) is 5.69 Å². The Morgan fingerprint density at radius 3 is 2.94 bits per heavy atom. The van der Waals surface area contributed by atoms with Crippen LogP contribution in [0.5, 0.6) is 0 Å². The molecule has 2 heterocycles. The minimum absolute atomic E-state index is 0.211. The van der Waals surface area contributed by atoms with Crippen molar-refractivity contribution in [2.45, 2.75) is 13.1 Å². The number of esters is 1. The Labute approximate surface area is 91.6 Å². The number of nitrogens with zero attached hydrogens (tertiary/aromatic N) is 5. The van der Waals surface area contributed by atoms with E-state index >= 15 is 0 Å². The molecular weight excluding hydrogens is 210 g/mol. The van der Waals surface area contributed by atoms with Crippen LogP contribution in [0.25, 0.3) is 0 Å². The van der Waals surface area contributed by atoms with E-state index in [1.807, 2.05) is 12.3 Å². The Bertz CT molecular complexity index is 462. The van der Waals surface area contributed by atoms with Crippen molar-refractivity contribution in [1.82, 2.24) is 24.8 Å². The van der Waals surface area contributed by atoms with Gasteiger partial charge in [0.05, 0.1) is 26.4 Å². The summed E-state index contributed by atoms with van der Waals surface area (Å²) in [5.74, 6) is -0.481. The van der Waals surface area contributed by atoms with Gasteiger partial charge in [-0.1, -0.05) is 5.21 Å². The van der Waals surface area contributed by atoms with Gasteiger partial charge in [-0.3, -0.25) is 4.68 Å². The highest BCUT2D eigenvalue weighted by atomic mass is 16.5. The van der Waals surface area contributed by atoms with Gasteiger partial charge in [0.1, 0.15) is 0 Å². The van der Waals surface area contributed by atoms with Crippen molar-refractivity contribution in [3.63, 3.8) is 0 Å². The highest BCUT2D eigenvalue weighted by molar-refractivity contribution is 5.86. The van der Waals surface area contributed by atoms with Crippen LogP contribution in [0, 0.1) is 0 Å². The maximum Gasteiger partial charge on any atom is 0.360 e. The summed E-state index contributed by atoms with van der Waals surface area (Å²) in [4.78, 5) is 11.1. The maximum absolute atomic E-state index is 11.1. The molecule has 7 nitrogen and oxygen atoms in total. The van der Waals surface area contributed by atoms with Crippen LogP contribution in [0.1, 0.15) is 10.5 Å². The predicted octanol–water partition coefficient (Wildman–Crippen LogP) is -0.0386. The summed E-state index contributed by atoms with van der Waals surface area (Å²) < 4.78 is 7.88. The summed E-state index contributed by atoms with van der Waals surface area (Å²) in [7, 11) is 1.31. The van der Waals surface area contributed by atoms with E-state index in [1.165, 1.54) is 7.11 Å². The summed E-state index contributed by atoms with van der Waals surface area (Å²) in [5.41, 5.74) is 0.211. The molecule has 0 N–H and O–H groups in total. The van der Waals surface area contributed by atoms with Gasteiger partial charge >= 0.3 is 5.97 Å². The zero-order chi connectivity index (χ0) is 11.4. The molecule has 0 aromatic carbocycles. The third kappa shape index (κ3) is 2.25. The van der Waals surface area contributed by atoms with Crippen molar-refractivity contribution in [3.8, 4) is 0 Å². The van der Waals surface area contributed by atoms with Gasteiger partial charge in [-0.25, -0.2) is 9.48 Å². The minimum Gasteiger partial charge on any atom is -0.464 e. The molecule has 0 fully saturated rings. The van der Waals surface area contributed by atoms with Crippen molar-refractivity contribution in [2.24, 2.45) is 0 Å². The van der Waals surface area contributed by atoms with Crippen molar-refractivity contribution in [1.29, 1.82) is 0 Å². The molecule has 84 valence electrons. The summed E-state index contributed by atoms with van der Waals surface area (Å²) in [6.45, 7) is 1.28. The second-order valence-electron chi connectivity index (χ2n) is 3.13. The molecule has 2 aromatic rings. The van der Waals surface area contributed by atoms with E-state index < -0.39 is 5.97 Å². The van der Waals surface area contributed by atoms with E-state index in [0.717, 1.165) is 0 Å². The first kappa shape index (κ1) is 10.3. The minimum atomic E-state index is -0.481. The van der Waals surface area contributed by atoms with Gasteiger partial charge in [-0.2, -0.15) is 5.10 Å². The number of aromatic nitrogens is 5. The first-order valence-corrected chi connectivity index (χ1v) is 4.75. The molecule has 0 aliphatic rings.